The highest BCUT2D eigenvalue weighted by atomic mass is 19.4. The first-order valence-electron chi connectivity index (χ1n) is 7.15. The Bertz CT molecular complexity index is 447. The van der Waals surface area contributed by atoms with Crippen LogP contribution in [0.25, 0.3) is 0 Å². The highest BCUT2D eigenvalue weighted by Crippen LogP contribution is 2.58. The number of carbonyl (C=O) groups excluding carboxylic acids is 1. The minimum atomic E-state index is -4.23. The number of carbonyl (C=O) groups is 2. The van der Waals surface area contributed by atoms with Crippen LogP contribution in [-0.2, 0) is 9.59 Å². The van der Waals surface area contributed by atoms with Crippen molar-refractivity contribution in [3.8, 4) is 0 Å². The van der Waals surface area contributed by atoms with E-state index >= 15 is 0 Å². The maximum absolute atomic E-state index is 12.7. The molecule has 0 saturated heterocycles. The largest absolute Gasteiger partial charge is 0.481 e. The van der Waals surface area contributed by atoms with E-state index in [1.54, 1.807) is 13.8 Å². The van der Waals surface area contributed by atoms with E-state index in [4.69, 9.17) is 5.11 Å². The molecule has 0 spiro atoms. The van der Waals surface area contributed by atoms with Crippen molar-refractivity contribution in [3.63, 3.8) is 0 Å². The molecule has 0 bridgehead atoms. The van der Waals surface area contributed by atoms with Gasteiger partial charge in [0.1, 0.15) is 0 Å². The molecule has 21 heavy (non-hydrogen) atoms. The highest BCUT2D eigenvalue weighted by molar-refractivity contribution is 5.91. The zero-order chi connectivity index (χ0) is 16.0. The SMILES string of the molecule is CC1(C)C(C(=O)O)C1C(=O)NC1CCCC(C(F)(F)F)C1. The quantitative estimate of drug-likeness (QED) is 0.842. The lowest BCUT2D eigenvalue weighted by Crippen LogP contribution is -2.42. The summed E-state index contributed by atoms with van der Waals surface area (Å²) in [5, 5.41) is 11.7. The third-order valence-corrected chi connectivity index (χ3v) is 4.86. The van der Waals surface area contributed by atoms with Crippen LogP contribution in [-0.4, -0.2) is 29.2 Å². The fourth-order valence-corrected chi connectivity index (χ4v) is 3.50. The van der Waals surface area contributed by atoms with Crippen LogP contribution in [0.5, 0.6) is 0 Å². The summed E-state index contributed by atoms with van der Waals surface area (Å²) in [6, 6.07) is -0.510. The van der Waals surface area contributed by atoms with Gasteiger partial charge in [0, 0.05) is 6.04 Å². The molecule has 1 amide bonds. The molecular formula is C14H20F3NO3. The van der Waals surface area contributed by atoms with Crippen LogP contribution in [0.2, 0.25) is 0 Å². The Morgan fingerprint density at radius 1 is 1.19 bits per heavy atom. The van der Waals surface area contributed by atoms with Crippen molar-refractivity contribution in [2.45, 2.75) is 51.7 Å². The number of amides is 1. The summed E-state index contributed by atoms with van der Waals surface area (Å²) in [5.41, 5.74) is -0.631. The molecule has 0 heterocycles. The fourth-order valence-electron chi connectivity index (χ4n) is 3.50. The van der Waals surface area contributed by atoms with E-state index in [0.29, 0.717) is 12.8 Å². The molecule has 0 aromatic carbocycles. The monoisotopic (exact) mass is 307 g/mol. The summed E-state index contributed by atoms with van der Waals surface area (Å²) in [7, 11) is 0. The van der Waals surface area contributed by atoms with Crippen LogP contribution in [0.4, 0.5) is 13.2 Å². The lowest BCUT2D eigenvalue weighted by Gasteiger charge is -2.31. The average Bonchev–Trinajstić information content (AvgIpc) is 2.92. The maximum Gasteiger partial charge on any atom is 0.391 e. The number of alkyl halides is 3. The minimum Gasteiger partial charge on any atom is -0.481 e. The lowest BCUT2D eigenvalue weighted by molar-refractivity contribution is -0.184. The third-order valence-electron chi connectivity index (χ3n) is 4.86. The number of nitrogens with one attached hydrogen (secondary N) is 1. The molecule has 2 saturated carbocycles. The van der Waals surface area contributed by atoms with Gasteiger partial charge in [0.05, 0.1) is 17.8 Å². The smallest absolute Gasteiger partial charge is 0.391 e. The van der Waals surface area contributed by atoms with Crippen LogP contribution < -0.4 is 5.32 Å². The van der Waals surface area contributed by atoms with Gasteiger partial charge in [-0.15, -0.1) is 0 Å². The van der Waals surface area contributed by atoms with Crippen LogP contribution in [0.3, 0.4) is 0 Å². The predicted octanol–water partition coefficient (Wildman–Crippen LogP) is 2.58. The van der Waals surface area contributed by atoms with Gasteiger partial charge in [-0.25, -0.2) is 0 Å². The normalized spacial score (nSPS) is 35.1. The second-order valence-electron chi connectivity index (χ2n) is 6.73. The molecule has 2 N–H and O–H groups in total. The topological polar surface area (TPSA) is 66.4 Å². The average molecular weight is 307 g/mol. The Morgan fingerprint density at radius 2 is 1.81 bits per heavy atom. The molecule has 4 nitrogen and oxygen atoms in total. The molecule has 2 aliphatic carbocycles. The highest BCUT2D eigenvalue weighted by Gasteiger charge is 2.66. The Kier molecular flexibility index (Phi) is 3.97. The van der Waals surface area contributed by atoms with Crippen LogP contribution >= 0.6 is 0 Å². The molecule has 0 radical (unpaired) electrons. The first kappa shape index (κ1) is 16.1. The van der Waals surface area contributed by atoms with Crippen molar-refractivity contribution < 1.29 is 27.9 Å². The van der Waals surface area contributed by atoms with Crippen LogP contribution in [0.15, 0.2) is 0 Å². The molecule has 0 aromatic rings. The number of rotatable bonds is 3. The van der Waals surface area contributed by atoms with E-state index in [0.717, 1.165) is 0 Å². The van der Waals surface area contributed by atoms with Gasteiger partial charge in [0.2, 0.25) is 5.91 Å². The van der Waals surface area contributed by atoms with E-state index < -0.39 is 47.3 Å². The zero-order valence-corrected chi connectivity index (χ0v) is 12.0. The van der Waals surface area contributed by atoms with Gasteiger partial charge in [-0.2, -0.15) is 13.2 Å². The van der Waals surface area contributed by atoms with Crippen molar-refractivity contribution in [1.29, 1.82) is 0 Å². The van der Waals surface area contributed by atoms with Crippen molar-refractivity contribution in [2.24, 2.45) is 23.2 Å². The fraction of sp³-hybridized carbons (Fsp3) is 0.857. The minimum absolute atomic E-state index is 0.0997. The van der Waals surface area contributed by atoms with Gasteiger partial charge in [-0.05, 0) is 24.7 Å². The lowest BCUT2D eigenvalue weighted by atomic mass is 9.85. The Balaban J connectivity index is 1.93. The van der Waals surface area contributed by atoms with Crippen LogP contribution in [0, 0.1) is 23.2 Å². The predicted molar refractivity (Wildman–Crippen MR) is 68.3 cm³/mol. The summed E-state index contributed by atoms with van der Waals surface area (Å²) in [5.74, 6) is -4.24. The number of aliphatic carboxylic acids is 1. The van der Waals surface area contributed by atoms with E-state index in [1.165, 1.54) is 0 Å². The summed E-state index contributed by atoms with van der Waals surface area (Å²) in [4.78, 5) is 23.1. The molecule has 120 valence electrons. The molecule has 0 aromatic heterocycles. The molecule has 0 aliphatic heterocycles. The second-order valence-corrected chi connectivity index (χ2v) is 6.73. The van der Waals surface area contributed by atoms with Gasteiger partial charge in [-0.3, -0.25) is 9.59 Å². The molecule has 4 unspecified atom stereocenters. The first-order valence-corrected chi connectivity index (χ1v) is 7.15. The van der Waals surface area contributed by atoms with E-state index in [1.807, 2.05) is 0 Å². The Labute approximate surface area is 121 Å². The van der Waals surface area contributed by atoms with Gasteiger partial charge in [0.15, 0.2) is 0 Å². The number of hydrogen-bond donors (Lipinski definition) is 2. The van der Waals surface area contributed by atoms with Gasteiger partial charge in [-0.1, -0.05) is 20.3 Å². The van der Waals surface area contributed by atoms with E-state index in [9.17, 15) is 22.8 Å². The van der Waals surface area contributed by atoms with Crippen LogP contribution in [0.1, 0.15) is 39.5 Å². The number of halogens is 3. The Morgan fingerprint density at radius 3 is 2.29 bits per heavy atom. The number of carboxylic acids is 1. The van der Waals surface area contributed by atoms with Gasteiger partial charge in [0.25, 0.3) is 0 Å². The van der Waals surface area contributed by atoms with Gasteiger partial charge >= 0.3 is 12.1 Å². The molecule has 2 rings (SSSR count). The van der Waals surface area contributed by atoms with Crippen molar-refractivity contribution in [3.05, 3.63) is 0 Å². The molecule has 7 heteroatoms. The summed E-state index contributed by atoms with van der Waals surface area (Å²) >= 11 is 0. The first-order chi connectivity index (χ1) is 9.55. The standard InChI is InChI=1S/C14H20F3NO3/c1-13(2)9(10(13)12(20)21)11(19)18-8-5-3-4-7(6-8)14(15,16)17/h7-10H,3-6H2,1-2H3,(H,18,19)(H,20,21). The number of carboxylic acid groups (broad SMARTS) is 1. The molecule has 2 fully saturated rings. The Hall–Kier alpha value is -1.27. The van der Waals surface area contributed by atoms with E-state index in [2.05, 4.69) is 5.32 Å². The van der Waals surface area contributed by atoms with E-state index in [-0.39, 0.29) is 12.8 Å². The van der Waals surface area contributed by atoms with Crippen molar-refractivity contribution in [2.75, 3.05) is 0 Å². The molecule has 4 atom stereocenters. The summed E-state index contributed by atoms with van der Waals surface area (Å²) in [6.45, 7) is 3.38. The zero-order valence-electron chi connectivity index (χ0n) is 12.0. The maximum atomic E-state index is 12.7. The summed E-state index contributed by atoms with van der Waals surface area (Å²) < 4.78 is 38.2. The molecule has 2 aliphatic rings. The third kappa shape index (κ3) is 3.16. The molecular weight excluding hydrogens is 287 g/mol. The second kappa shape index (κ2) is 5.18. The summed E-state index contributed by atoms with van der Waals surface area (Å²) in [6.07, 6.45) is -3.30. The van der Waals surface area contributed by atoms with Crippen molar-refractivity contribution in [1.82, 2.24) is 5.32 Å². The number of hydrogen-bond acceptors (Lipinski definition) is 2. The van der Waals surface area contributed by atoms with Gasteiger partial charge < -0.3 is 10.4 Å². The van der Waals surface area contributed by atoms with Crippen molar-refractivity contribution >= 4 is 11.9 Å².